The van der Waals surface area contributed by atoms with Crippen LogP contribution in [0.5, 0.6) is 0 Å². The Morgan fingerprint density at radius 2 is 1.47 bits per heavy atom. The number of methoxy groups -OCH3 is 1. The Labute approximate surface area is 95.0 Å². The highest BCUT2D eigenvalue weighted by Gasteiger charge is 2.34. The molecule has 1 saturated heterocycles. The van der Waals surface area contributed by atoms with Gasteiger partial charge in [-0.1, -0.05) is 0 Å². The van der Waals surface area contributed by atoms with Crippen LogP contribution in [-0.2, 0) is 4.74 Å². The van der Waals surface area contributed by atoms with Crippen LogP contribution < -0.4 is 0 Å². The van der Waals surface area contributed by atoms with E-state index < -0.39 is 0 Å². The van der Waals surface area contributed by atoms with E-state index in [1.165, 1.54) is 25.9 Å². The molecule has 1 aliphatic rings. The molecule has 0 unspecified atom stereocenters. The topological polar surface area (TPSA) is 12.5 Å². The predicted molar refractivity (Wildman–Crippen MR) is 65.1 cm³/mol. The third-order valence-corrected chi connectivity index (χ3v) is 3.95. The Balaban J connectivity index is 2.50. The molecule has 0 spiro atoms. The average molecular weight is 213 g/mol. The van der Waals surface area contributed by atoms with Crippen LogP contribution in [0.4, 0.5) is 0 Å². The highest BCUT2D eigenvalue weighted by molar-refractivity contribution is 4.88. The number of ether oxygens (including phenoxy) is 1. The Hall–Kier alpha value is -0.0800. The largest absolute Gasteiger partial charge is 0.379 e. The fourth-order valence-corrected chi connectivity index (χ4v) is 2.41. The third-order valence-electron chi connectivity index (χ3n) is 3.95. The van der Waals surface area contributed by atoms with Gasteiger partial charge in [0.1, 0.15) is 0 Å². The van der Waals surface area contributed by atoms with Crippen LogP contribution >= 0.6 is 0 Å². The molecule has 0 amide bonds. The van der Waals surface area contributed by atoms with E-state index in [0.717, 1.165) is 0 Å². The zero-order chi connectivity index (χ0) is 11.7. The minimum absolute atomic E-state index is 0.0456. The van der Waals surface area contributed by atoms with E-state index in [-0.39, 0.29) is 5.60 Å². The molecule has 1 aliphatic heterocycles. The van der Waals surface area contributed by atoms with Gasteiger partial charge < -0.3 is 4.74 Å². The zero-order valence-electron chi connectivity index (χ0n) is 11.3. The van der Waals surface area contributed by atoms with Crippen LogP contribution in [-0.4, -0.2) is 36.2 Å². The van der Waals surface area contributed by atoms with Crippen LogP contribution in [0.15, 0.2) is 0 Å². The summed E-state index contributed by atoms with van der Waals surface area (Å²) in [7, 11) is 1.83. The minimum atomic E-state index is 0.0456. The van der Waals surface area contributed by atoms with Crippen LogP contribution in [0.3, 0.4) is 0 Å². The van der Waals surface area contributed by atoms with Crippen molar-refractivity contribution in [2.24, 2.45) is 5.92 Å². The molecule has 0 aromatic heterocycles. The van der Waals surface area contributed by atoms with Gasteiger partial charge in [-0.3, -0.25) is 4.90 Å². The van der Waals surface area contributed by atoms with Crippen molar-refractivity contribution >= 4 is 0 Å². The zero-order valence-corrected chi connectivity index (χ0v) is 11.3. The minimum Gasteiger partial charge on any atom is -0.379 e. The number of hydrogen-bond acceptors (Lipinski definition) is 2. The molecule has 0 bridgehead atoms. The fraction of sp³-hybridized carbons (Fsp3) is 1.00. The number of nitrogens with zero attached hydrogens (tertiary/aromatic N) is 1. The van der Waals surface area contributed by atoms with Gasteiger partial charge in [-0.2, -0.15) is 0 Å². The SMILES string of the molecule is COC(C)(C)C1CCN(C(C)(C)C)CC1. The van der Waals surface area contributed by atoms with Crippen LogP contribution in [0.1, 0.15) is 47.5 Å². The summed E-state index contributed by atoms with van der Waals surface area (Å²) in [6.07, 6.45) is 2.52. The van der Waals surface area contributed by atoms with Crippen LogP contribution in [0, 0.1) is 5.92 Å². The van der Waals surface area contributed by atoms with E-state index >= 15 is 0 Å². The normalized spacial score (nSPS) is 22.0. The molecule has 1 fully saturated rings. The van der Waals surface area contributed by atoms with Crippen molar-refractivity contribution in [1.29, 1.82) is 0 Å². The van der Waals surface area contributed by atoms with Crippen LogP contribution in [0.25, 0.3) is 0 Å². The Kier molecular flexibility index (Phi) is 3.83. The first-order valence-corrected chi connectivity index (χ1v) is 6.07. The number of likely N-dealkylation sites (tertiary alicyclic amines) is 1. The molecule has 15 heavy (non-hydrogen) atoms. The maximum atomic E-state index is 5.58. The van der Waals surface area contributed by atoms with Gasteiger partial charge in [-0.05, 0) is 66.5 Å². The van der Waals surface area contributed by atoms with Crippen molar-refractivity contribution < 1.29 is 4.74 Å². The van der Waals surface area contributed by atoms with Gasteiger partial charge in [0, 0.05) is 12.6 Å². The van der Waals surface area contributed by atoms with Gasteiger partial charge in [0.2, 0.25) is 0 Å². The van der Waals surface area contributed by atoms with E-state index in [2.05, 4.69) is 39.5 Å². The second-order valence-corrected chi connectivity index (χ2v) is 6.24. The Morgan fingerprint density at radius 1 is 1.00 bits per heavy atom. The van der Waals surface area contributed by atoms with Gasteiger partial charge in [0.15, 0.2) is 0 Å². The molecule has 1 rings (SSSR count). The monoisotopic (exact) mass is 213 g/mol. The Bertz CT molecular complexity index is 197. The van der Waals surface area contributed by atoms with E-state index in [4.69, 9.17) is 4.74 Å². The van der Waals surface area contributed by atoms with Gasteiger partial charge in [0.25, 0.3) is 0 Å². The summed E-state index contributed by atoms with van der Waals surface area (Å²) >= 11 is 0. The number of piperidine rings is 1. The lowest BCUT2D eigenvalue weighted by Crippen LogP contribution is -2.49. The highest BCUT2D eigenvalue weighted by Crippen LogP contribution is 2.32. The molecule has 0 radical (unpaired) electrons. The first-order valence-electron chi connectivity index (χ1n) is 6.07. The van der Waals surface area contributed by atoms with Gasteiger partial charge in [-0.15, -0.1) is 0 Å². The molecular formula is C13H27NO. The van der Waals surface area contributed by atoms with Gasteiger partial charge in [0.05, 0.1) is 5.60 Å². The fourth-order valence-electron chi connectivity index (χ4n) is 2.41. The maximum absolute atomic E-state index is 5.58. The molecule has 2 nitrogen and oxygen atoms in total. The van der Waals surface area contributed by atoms with E-state index in [9.17, 15) is 0 Å². The summed E-state index contributed by atoms with van der Waals surface area (Å²) in [5, 5.41) is 0. The standard InChI is InChI=1S/C13H27NO/c1-12(2,3)14-9-7-11(8-10-14)13(4,5)15-6/h11H,7-10H2,1-6H3. The summed E-state index contributed by atoms with van der Waals surface area (Å²) in [6, 6.07) is 0. The maximum Gasteiger partial charge on any atom is 0.0651 e. The van der Waals surface area contributed by atoms with Crippen molar-refractivity contribution in [3.63, 3.8) is 0 Å². The summed E-state index contributed by atoms with van der Waals surface area (Å²) in [5.74, 6) is 0.709. The summed E-state index contributed by atoms with van der Waals surface area (Å²) in [4.78, 5) is 2.58. The quantitative estimate of drug-likeness (QED) is 0.699. The molecule has 0 N–H and O–H groups in total. The number of rotatable bonds is 2. The molecule has 0 atom stereocenters. The van der Waals surface area contributed by atoms with Crippen molar-refractivity contribution in [3.05, 3.63) is 0 Å². The lowest BCUT2D eigenvalue weighted by Gasteiger charge is -2.44. The van der Waals surface area contributed by atoms with E-state index in [1.54, 1.807) is 0 Å². The summed E-state index contributed by atoms with van der Waals surface area (Å²) < 4.78 is 5.58. The molecule has 0 aliphatic carbocycles. The first kappa shape index (κ1) is 13.0. The van der Waals surface area contributed by atoms with E-state index in [1.807, 2.05) is 7.11 Å². The lowest BCUT2D eigenvalue weighted by atomic mass is 9.82. The molecular weight excluding hydrogens is 186 g/mol. The van der Waals surface area contributed by atoms with Gasteiger partial charge >= 0.3 is 0 Å². The highest BCUT2D eigenvalue weighted by atomic mass is 16.5. The van der Waals surface area contributed by atoms with Crippen molar-refractivity contribution in [2.75, 3.05) is 20.2 Å². The summed E-state index contributed by atoms with van der Waals surface area (Å²) in [5.41, 5.74) is 0.367. The molecule has 0 aromatic carbocycles. The second kappa shape index (κ2) is 4.42. The van der Waals surface area contributed by atoms with Crippen molar-refractivity contribution in [1.82, 2.24) is 4.90 Å². The molecule has 0 aromatic rings. The van der Waals surface area contributed by atoms with Gasteiger partial charge in [-0.25, -0.2) is 0 Å². The third kappa shape index (κ3) is 3.18. The van der Waals surface area contributed by atoms with E-state index in [0.29, 0.717) is 11.5 Å². The number of hydrogen-bond donors (Lipinski definition) is 0. The lowest BCUT2D eigenvalue weighted by molar-refractivity contribution is -0.0570. The molecule has 90 valence electrons. The summed E-state index contributed by atoms with van der Waals surface area (Å²) in [6.45, 7) is 13.7. The average Bonchev–Trinajstić information content (AvgIpc) is 2.17. The Morgan fingerprint density at radius 3 is 1.80 bits per heavy atom. The smallest absolute Gasteiger partial charge is 0.0651 e. The molecule has 2 heteroatoms. The molecule has 1 heterocycles. The van der Waals surface area contributed by atoms with Crippen molar-refractivity contribution in [2.45, 2.75) is 58.6 Å². The predicted octanol–water partition coefficient (Wildman–Crippen LogP) is 2.92. The van der Waals surface area contributed by atoms with Crippen LogP contribution in [0.2, 0.25) is 0 Å². The molecule has 0 saturated carbocycles. The van der Waals surface area contributed by atoms with Crippen molar-refractivity contribution in [3.8, 4) is 0 Å². The first-order chi connectivity index (χ1) is 6.77. The second-order valence-electron chi connectivity index (χ2n) is 6.24.